The second-order valence-electron chi connectivity index (χ2n) is 4.80. The van der Waals surface area contributed by atoms with Gasteiger partial charge in [-0.3, -0.25) is 4.72 Å². The summed E-state index contributed by atoms with van der Waals surface area (Å²) in [6, 6.07) is 4.43. The normalized spacial score (nSPS) is 17.4. The molecule has 0 bridgehead atoms. The summed E-state index contributed by atoms with van der Waals surface area (Å²) in [6.45, 7) is 1.03. The van der Waals surface area contributed by atoms with Gasteiger partial charge in [0.15, 0.2) is 0 Å². The van der Waals surface area contributed by atoms with Crippen molar-refractivity contribution in [3.63, 3.8) is 0 Å². The van der Waals surface area contributed by atoms with E-state index in [9.17, 15) is 13.5 Å². The van der Waals surface area contributed by atoms with E-state index in [4.69, 9.17) is 4.74 Å². The molecule has 0 aliphatic carbocycles. The summed E-state index contributed by atoms with van der Waals surface area (Å²) in [6.07, 6.45) is 3.84. The van der Waals surface area contributed by atoms with Crippen LogP contribution in [0.4, 0.5) is 5.69 Å². The molecule has 0 radical (unpaired) electrons. The quantitative estimate of drug-likeness (QED) is 0.833. The molecule has 2 rings (SSSR count). The molecule has 0 amide bonds. The highest BCUT2D eigenvalue weighted by Gasteiger charge is 2.23. The van der Waals surface area contributed by atoms with E-state index in [0.717, 1.165) is 25.7 Å². The maximum absolute atomic E-state index is 12.3. The molecule has 1 aliphatic rings. The van der Waals surface area contributed by atoms with Gasteiger partial charge in [-0.15, -0.1) is 0 Å². The number of nitrogens with zero attached hydrogens (tertiary/aromatic N) is 1. The fraction of sp³-hybridized carbons (Fsp3) is 0.538. The molecule has 7 heteroatoms. The van der Waals surface area contributed by atoms with E-state index in [1.165, 1.54) is 23.5 Å². The molecular weight excluding hydrogens is 280 g/mol. The van der Waals surface area contributed by atoms with Crippen LogP contribution in [0.15, 0.2) is 18.2 Å². The number of methoxy groups -OCH3 is 1. The highest BCUT2D eigenvalue weighted by molar-refractivity contribution is 7.90. The SMILES string of the molecule is COc1ccc(O)c(NS(=O)(=O)N2CCCCCC2)c1. The number of phenolic OH excluding ortho intramolecular Hbond substituents is 1. The lowest BCUT2D eigenvalue weighted by molar-refractivity contribution is 0.412. The van der Waals surface area contributed by atoms with Crippen LogP contribution >= 0.6 is 0 Å². The van der Waals surface area contributed by atoms with Gasteiger partial charge in [-0.2, -0.15) is 12.7 Å². The third-order valence-electron chi connectivity index (χ3n) is 3.35. The topological polar surface area (TPSA) is 78.9 Å². The minimum Gasteiger partial charge on any atom is -0.506 e. The average Bonchev–Trinajstić information content (AvgIpc) is 2.70. The molecule has 112 valence electrons. The van der Waals surface area contributed by atoms with Crippen molar-refractivity contribution in [1.82, 2.24) is 4.31 Å². The van der Waals surface area contributed by atoms with Crippen LogP contribution in [0.1, 0.15) is 25.7 Å². The van der Waals surface area contributed by atoms with Gasteiger partial charge in [-0.25, -0.2) is 0 Å². The van der Waals surface area contributed by atoms with Crippen LogP contribution in [-0.2, 0) is 10.2 Å². The second kappa shape index (κ2) is 6.32. The Hall–Kier alpha value is -1.47. The zero-order chi connectivity index (χ0) is 14.6. The summed E-state index contributed by atoms with van der Waals surface area (Å²) in [7, 11) is -2.15. The fourth-order valence-electron chi connectivity index (χ4n) is 2.21. The molecule has 20 heavy (non-hydrogen) atoms. The highest BCUT2D eigenvalue weighted by atomic mass is 32.2. The van der Waals surface area contributed by atoms with Gasteiger partial charge in [0.1, 0.15) is 11.5 Å². The second-order valence-corrected chi connectivity index (χ2v) is 6.47. The van der Waals surface area contributed by atoms with E-state index in [1.807, 2.05) is 0 Å². The monoisotopic (exact) mass is 300 g/mol. The van der Waals surface area contributed by atoms with Crippen molar-refractivity contribution in [3.8, 4) is 11.5 Å². The number of aromatic hydroxyl groups is 1. The van der Waals surface area contributed by atoms with Crippen molar-refractivity contribution >= 4 is 15.9 Å². The van der Waals surface area contributed by atoms with E-state index < -0.39 is 10.2 Å². The number of anilines is 1. The summed E-state index contributed by atoms with van der Waals surface area (Å²) < 4.78 is 33.5. The summed E-state index contributed by atoms with van der Waals surface area (Å²) in [5.41, 5.74) is 0.133. The van der Waals surface area contributed by atoms with E-state index in [-0.39, 0.29) is 11.4 Å². The average molecular weight is 300 g/mol. The highest BCUT2D eigenvalue weighted by Crippen LogP contribution is 2.29. The Morgan fingerprint density at radius 2 is 1.85 bits per heavy atom. The molecule has 1 aliphatic heterocycles. The molecule has 1 aromatic carbocycles. The molecule has 1 saturated heterocycles. The Kier molecular flexibility index (Phi) is 4.72. The Labute approximate surface area is 119 Å². The van der Waals surface area contributed by atoms with Crippen molar-refractivity contribution in [2.45, 2.75) is 25.7 Å². The molecule has 6 nitrogen and oxygen atoms in total. The van der Waals surface area contributed by atoms with Crippen LogP contribution in [0.3, 0.4) is 0 Å². The Morgan fingerprint density at radius 1 is 1.20 bits per heavy atom. The molecule has 0 saturated carbocycles. The van der Waals surface area contributed by atoms with Crippen LogP contribution in [0.5, 0.6) is 11.5 Å². The Bertz CT molecular complexity index is 551. The van der Waals surface area contributed by atoms with Gasteiger partial charge in [0.2, 0.25) is 0 Å². The van der Waals surface area contributed by atoms with Crippen LogP contribution < -0.4 is 9.46 Å². The van der Waals surface area contributed by atoms with E-state index >= 15 is 0 Å². The predicted molar refractivity (Wildman–Crippen MR) is 77.2 cm³/mol. The Morgan fingerprint density at radius 3 is 2.45 bits per heavy atom. The predicted octanol–water partition coefficient (Wildman–Crippen LogP) is 1.93. The summed E-state index contributed by atoms with van der Waals surface area (Å²) in [4.78, 5) is 0. The first kappa shape index (κ1) is 14.9. The number of phenols is 1. The van der Waals surface area contributed by atoms with Gasteiger partial charge in [-0.05, 0) is 25.0 Å². The van der Waals surface area contributed by atoms with Gasteiger partial charge in [0, 0.05) is 19.2 Å². The van der Waals surface area contributed by atoms with E-state index in [1.54, 1.807) is 6.07 Å². The third-order valence-corrected chi connectivity index (χ3v) is 4.87. The molecule has 1 aromatic rings. The number of hydrogen-bond acceptors (Lipinski definition) is 4. The van der Waals surface area contributed by atoms with Crippen LogP contribution in [0.25, 0.3) is 0 Å². The molecule has 0 unspecified atom stereocenters. The summed E-state index contributed by atoms with van der Waals surface area (Å²) >= 11 is 0. The van der Waals surface area contributed by atoms with E-state index in [0.29, 0.717) is 18.8 Å². The molecule has 0 atom stereocenters. The van der Waals surface area contributed by atoms with Crippen molar-refractivity contribution < 1.29 is 18.3 Å². The summed E-state index contributed by atoms with van der Waals surface area (Å²) in [5, 5.41) is 9.75. The van der Waals surface area contributed by atoms with Gasteiger partial charge in [-0.1, -0.05) is 12.8 Å². The van der Waals surface area contributed by atoms with Gasteiger partial charge in [0.05, 0.1) is 12.8 Å². The van der Waals surface area contributed by atoms with Crippen LogP contribution in [-0.4, -0.2) is 38.0 Å². The minimum absolute atomic E-state index is 0.121. The summed E-state index contributed by atoms with van der Waals surface area (Å²) in [5.74, 6) is 0.362. The van der Waals surface area contributed by atoms with E-state index in [2.05, 4.69) is 4.72 Å². The molecule has 0 aromatic heterocycles. The van der Waals surface area contributed by atoms with Gasteiger partial charge < -0.3 is 9.84 Å². The largest absolute Gasteiger partial charge is 0.506 e. The molecule has 0 spiro atoms. The number of hydrogen-bond donors (Lipinski definition) is 2. The molecule has 1 heterocycles. The van der Waals surface area contributed by atoms with Crippen molar-refractivity contribution in [2.24, 2.45) is 0 Å². The maximum Gasteiger partial charge on any atom is 0.301 e. The smallest absolute Gasteiger partial charge is 0.301 e. The minimum atomic E-state index is -3.64. The molecule has 1 fully saturated rings. The number of benzene rings is 1. The van der Waals surface area contributed by atoms with Crippen LogP contribution in [0, 0.1) is 0 Å². The molecular formula is C13H20N2O4S. The molecule has 2 N–H and O–H groups in total. The first-order chi connectivity index (χ1) is 9.53. The number of rotatable bonds is 4. The zero-order valence-electron chi connectivity index (χ0n) is 11.5. The standard InChI is InChI=1S/C13H20N2O4S/c1-19-11-6-7-13(16)12(10-11)14-20(17,18)15-8-4-2-3-5-9-15/h6-7,10,14,16H,2-5,8-9H2,1H3. The van der Waals surface area contributed by atoms with Crippen molar-refractivity contribution in [3.05, 3.63) is 18.2 Å². The van der Waals surface area contributed by atoms with Crippen molar-refractivity contribution in [1.29, 1.82) is 0 Å². The fourth-order valence-corrected chi connectivity index (χ4v) is 3.52. The van der Waals surface area contributed by atoms with Crippen molar-refractivity contribution in [2.75, 3.05) is 24.9 Å². The first-order valence-corrected chi connectivity index (χ1v) is 8.12. The third kappa shape index (κ3) is 3.55. The lowest BCUT2D eigenvalue weighted by Gasteiger charge is -2.21. The lowest BCUT2D eigenvalue weighted by Crippen LogP contribution is -2.36. The lowest BCUT2D eigenvalue weighted by atomic mass is 10.2. The van der Waals surface area contributed by atoms with Crippen LogP contribution in [0.2, 0.25) is 0 Å². The number of nitrogens with one attached hydrogen (secondary N) is 1. The zero-order valence-corrected chi connectivity index (χ0v) is 12.3. The first-order valence-electron chi connectivity index (χ1n) is 6.68. The Balaban J connectivity index is 2.18. The number of ether oxygens (including phenoxy) is 1. The maximum atomic E-state index is 12.3. The van der Waals surface area contributed by atoms with Gasteiger partial charge >= 0.3 is 10.2 Å². The van der Waals surface area contributed by atoms with Gasteiger partial charge in [0.25, 0.3) is 0 Å².